The molecule has 21 heavy (non-hydrogen) atoms. The Hall–Kier alpha value is -0.530. The molecule has 0 atom stereocenters. The molecule has 0 spiro atoms. The summed E-state index contributed by atoms with van der Waals surface area (Å²) in [4.78, 5) is 15.7. The lowest BCUT2D eigenvalue weighted by Gasteiger charge is -2.43. The van der Waals surface area contributed by atoms with E-state index in [9.17, 15) is 4.79 Å². The Morgan fingerprint density at radius 3 is 1.38 bits per heavy atom. The zero-order chi connectivity index (χ0) is 14.5. The first-order valence-corrected chi connectivity index (χ1v) is 9.68. The Kier molecular flexibility index (Phi) is 5.60. The van der Waals surface area contributed by atoms with E-state index in [0.717, 1.165) is 12.8 Å². The Morgan fingerprint density at radius 2 is 0.952 bits per heavy atom. The van der Waals surface area contributed by atoms with Gasteiger partial charge in [-0.25, -0.2) is 0 Å². The third-order valence-electron chi connectivity index (χ3n) is 6.15. The molecule has 0 saturated heterocycles. The highest BCUT2D eigenvalue weighted by Crippen LogP contribution is 2.34. The molecule has 3 aliphatic rings. The van der Waals surface area contributed by atoms with Gasteiger partial charge in [0, 0.05) is 18.0 Å². The van der Waals surface area contributed by atoms with Gasteiger partial charge < -0.3 is 4.90 Å². The number of carbonyl (C=O) groups is 1. The number of carbonyl (C=O) groups excluding carboxylic acids is 1. The van der Waals surface area contributed by atoms with Crippen LogP contribution in [0.4, 0.5) is 0 Å². The Morgan fingerprint density at radius 1 is 0.571 bits per heavy atom. The predicted octanol–water partition coefficient (Wildman–Crippen LogP) is 5.06. The number of hydrogen-bond acceptors (Lipinski definition) is 1. The van der Waals surface area contributed by atoms with Crippen molar-refractivity contribution in [2.45, 2.75) is 108 Å². The molecule has 1 amide bonds. The molecular weight excluding hydrogens is 258 g/mol. The molecule has 0 N–H and O–H groups in total. The molecule has 0 bridgehead atoms. The fourth-order valence-corrected chi connectivity index (χ4v) is 4.94. The smallest absolute Gasteiger partial charge is 0.226 e. The zero-order valence-corrected chi connectivity index (χ0v) is 13.7. The van der Waals surface area contributed by atoms with Gasteiger partial charge in [-0.1, -0.05) is 57.8 Å². The van der Waals surface area contributed by atoms with Crippen molar-refractivity contribution in [3.63, 3.8) is 0 Å². The minimum atomic E-state index is 0.364. The molecule has 3 saturated carbocycles. The molecule has 0 heterocycles. The quantitative estimate of drug-likeness (QED) is 0.711. The lowest BCUT2D eigenvalue weighted by Crippen LogP contribution is -2.51. The highest BCUT2D eigenvalue weighted by atomic mass is 16.2. The summed E-state index contributed by atoms with van der Waals surface area (Å²) in [5.74, 6) is 0.913. The average molecular weight is 291 g/mol. The number of nitrogens with zero attached hydrogens (tertiary/aromatic N) is 1. The van der Waals surface area contributed by atoms with Gasteiger partial charge in [-0.15, -0.1) is 0 Å². The summed E-state index contributed by atoms with van der Waals surface area (Å²) in [6.45, 7) is 0. The molecule has 0 aromatic rings. The summed E-state index contributed by atoms with van der Waals surface area (Å²) in [6.07, 6.45) is 19.4. The third-order valence-corrected chi connectivity index (χ3v) is 6.15. The second-order valence-corrected chi connectivity index (χ2v) is 7.66. The molecule has 120 valence electrons. The van der Waals surface area contributed by atoms with E-state index in [1.165, 1.54) is 83.5 Å². The molecule has 0 radical (unpaired) electrons. The van der Waals surface area contributed by atoms with E-state index in [1.54, 1.807) is 0 Å². The Labute approximate surface area is 130 Å². The summed E-state index contributed by atoms with van der Waals surface area (Å²) in [5.41, 5.74) is 0. The highest BCUT2D eigenvalue weighted by molar-refractivity contribution is 5.79. The minimum Gasteiger partial charge on any atom is -0.336 e. The molecule has 0 aliphatic heterocycles. The van der Waals surface area contributed by atoms with Crippen molar-refractivity contribution < 1.29 is 4.79 Å². The van der Waals surface area contributed by atoms with Crippen LogP contribution in [0.3, 0.4) is 0 Å². The third kappa shape index (κ3) is 3.81. The van der Waals surface area contributed by atoms with Crippen LogP contribution in [0.15, 0.2) is 0 Å². The highest BCUT2D eigenvalue weighted by Gasteiger charge is 2.35. The molecule has 2 nitrogen and oxygen atoms in total. The van der Waals surface area contributed by atoms with E-state index in [2.05, 4.69) is 4.90 Å². The fourth-order valence-electron chi connectivity index (χ4n) is 4.94. The van der Waals surface area contributed by atoms with Crippen LogP contribution in [0.5, 0.6) is 0 Å². The minimum absolute atomic E-state index is 0.364. The van der Waals surface area contributed by atoms with Gasteiger partial charge in [0.1, 0.15) is 0 Å². The SMILES string of the molecule is O=C(C1CCCCC1)N(C1CCCCC1)C1CCCCC1. The Bertz CT molecular complexity index is 304. The predicted molar refractivity (Wildman–Crippen MR) is 87.2 cm³/mol. The molecule has 0 aromatic heterocycles. The van der Waals surface area contributed by atoms with E-state index in [4.69, 9.17) is 0 Å². The summed E-state index contributed by atoms with van der Waals surface area (Å²) in [7, 11) is 0. The zero-order valence-electron chi connectivity index (χ0n) is 13.7. The number of hydrogen-bond donors (Lipinski definition) is 0. The van der Waals surface area contributed by atoms with Gasteiger partial charge in [0.25, 0.3) is 0 Å². The van der Waals surface area contributed by atoms with Crippen LogP contribution in [-0.2, 0) is 4.79 Å². The van der Waals surface area contributed by atoms with Gasteiger partial charge >= 0.3 is 0 Å². The second kappa shape index (κ2) is 7.65. The standard InChI is InChI=1S/C19H33NO/c21-19(16-10-4-1-5-11-16)20(17-12-6-2-7-13-17)18-14-8-3-9-15-18/h16-18H,1-15H2. The van der Waals surface area contributed by atoms with Crippen molar-refractivity contribution in [3.8, 4) is 0 Å². The molecular formula is C19H33NO. The normalized spacial score (nSPS) is 26.7. The van der Waals surface area contributed by atoms with Crippen LogP contribution >= 0.6 is 0 Å². The summed E-state index contributed by atoms with van der Waals surface area (Å²) >= 11 is 0. The molecule has 3 fully saturated rings. The fraction of sp³-hybridized carbons (Fsp3) is 0.947. The maximum atomic E-state index is 13.2. The maximum Gasteiger partial charge on any atom is 0.226 e. The van der Waals surface area contributed by atoms with Crippen molar-refractivity contribution >= 4 is 5.91 Å². The Balaban J connectivity index is 1.71. The van der Waals surface area contributed by atoms with Gasteiger partial charge in [0.15, 0.2) is 0 Å². The van der Waals surface area contributed by atoms with Crippen LogP contribution in [0.2, 0.25) is 0 Å². The van der Waals surface area contributed by atoms with Crippen LogP contribution in [-0.4, -0.2) is 22.9 Å². The van der Waals surface area contributed by atoms with Crippen molar-refractivity contribution in [3.05, 3.63) is 0 Å². The topological polar surface area (TPSA) is 20.3 Å². The van der Waals surface area contributed by atoms with Crippen molar-refractivity contribution in [1.29, 1.82) is 0 Å². The van der Waals surface area contributed by atoms with Gasteiger partial charge in [-0.3, -0.25) is 4.79 Å². The summed E-state index contributed by atoms with van der Waals surface area (Å²) < 4.78 is 0. The van der Waals surface area contributed by atoms with Gasteiger partial charge in [0.05, 0.1) is 0 Å². The van der Waals surface area contributed by atoms with Crippen molar-refractivity contribution in [2.24, 2.45) is 5.92 Å². The van der Waals surface area contributed by atoms with Crippen LogP contribution in [0, 0.1) is 5.92 Å². The van der Waals surface area contributed by atoms with Crippen molar-refractivity contribution in [1.82, 2.24) is 4.90 Å². The first-order chi connectivity index (χ1) is 10.4. The van der Waals surface area contributed by atoms with E-state index in [-0.39, 0.29) is 0 Å². The summed E-state index contributed by atoms with van der Waals surface area (Å²) in [6, 6.07) is 1.16. The van der Waals surface area contributed by atoms with Crippen LogP contribution in [0.25, 0.3) is 0 Å². The monoisotopic (exact) mass is 291 g/mol. The van der Waals surface area contributed by atoms with Crippen molar-refractivity contribution in [2.75, 3.05) is 0 Å². The molecule has 3 aliphatic carbocycles. The van der Waals surface area contributed by atoms with E-state index in [0.29, 0.717) is 23.9 Å². The second-order valence-electron chi connectivity index (χ2n) is 7.66. The first-order valence-electron chi connectivity index (χ1n) is 9.68. The van der Waals surface area contributed by atoms with E-state index >= 15 is 0 Å². The first kappa shape index (κ1) is 15.4. The summed E-state index contributed by atoms with van der Waals surface area (Å²) in [5, 5.41) is 0. The molecule has 0 unspecified atom stereocenters. The number of amides is 1. The van der Waals surface area contributed by atoms with Gasteiger partial charge in [-0.2, -0.15) is 0 Å². The lowest BCUT2D eigenvalue weighted by molar-refractivity contribution is -0.143. The average Bonchev–Trinajstić information content (AvgIpc) is 2.58. The van der Waals surface area contributed by atoms with Gasteiger partial charge in [-0.05, 0) is 38.5 Å². The van der Waals surface area contributed by atoms with Gasteiger partial charge in [0.2, 0.25) is 5.91 Å². The van der Waals surface area contributed by atoms with Crippen LogP contribution in [0.1, 0.15) is 96.3 Å². The van der Waals surface area contributed by atoms with Crippen LogP contribution < -0.4 is 0 Å². The largest absolute Gasteiger partial charge is 0.336 e. The van der Waals surface area contributed by atoms with E-state index < -0.39 is 0 Å². The molecule has 0 aromatic carbocycles. The van der Waals surface area contributed by atoms with E-state index in [1.807, 2.05) is 0 Å². The molecule has 3 rings (SSSR count). The number of rotatable bonds is 3. The molecule has 2 heteroatoms. The maximum absolute atomic E-state index is 13.2. The lowest BCUT2D eigenvalue weighted by atomic mass is 9.84.